The molecule has 4 heteroatoms. The lowest BCUT2D eigenvalue weighted by atomic mass is 10.0. The Kier molecular flexibility index (Phi) is 4.97. The van der Waals surface area contributed by atoms with Crippen molar-refractivity contribution in [3.63, 3.8) is 0 Å². The van der Waals surface area contributed by atoms with Crippen LogP contribution >= 0.6 is 0 Å². The van der Waals surface area contributed by atoms with Crippen molar-refractivity contribution in [3.8, 4) is 5.75 Å². The Labute approximate surface area is 102 Å². The maximum absolute atomic E-state index is 11.8. The van der Waals surface area contributed by atoms with Gasteiger partial charge in [0.1, 0.15) is 11.8 Å². The van der Waals surface area contributed by atoms with E-state index in [1.54, 1.807) is 21.2 Å². The molecule has 94 valence electrons. The molecule has 0 heterocycles. The highest BCUT2D eigenvalue weighted by atomic mass is 16.5. The number of hydrogen-bond donors (Lipinski definition) is 2. The molecule has 1 amide bonds. The van der Waals surface area contributed by atoms with Crippen molar-refractivity contribution in [2.45, 2.75) is 19.4 Å². The molecule has 0 radical (unpaired) electrons. The van der Waals surface area contributed by atoms with Crippen LogP contribution in [-0.2, 0) is 11.2 Å². The molecule has 0 fully saturated rings. The Hall–Kier alpha value is -1.55. The van der Waals surface area contributed by atoms with Crippen molar-refractivity contribution in [1.29, 1.82) is 0 Å². The summed E-state index contributed by atoms with van der Waals surface area (Å²) in [7, 11) is 5.00. The van der Waals surface area contributed by atoms with Crippen LogP contribution in [0, 0.1) is 0 Å². The lowest BCUT2D eigenvalue weighted by Crippen LogP contribution is -2.34. The van der Waals surface area contributed by atoms with Crippen molar-refractivity contribution in [2.24, 2.45) is 0 Å². The summed E-state index contributed by atoms with van der Waals surface area (Å²) in [6.07, 6.45) is 0.932. The summed E-state index contributed by atoms with van der Waals surface area (Å²) in [5, 5.41) is 5.65. The summed E-state index contributed by atoms with van der Waals surface area (Å²) < 4.78 is 5.30. The number of carbonyl (C=O) groups excluding carboxylic acids is 1. The molecule has 17 heavy (non-hydrogen) atoms. The quantitative estimate of drug-likeness (QED) is 0.809. The Morgan fingerprint density at radius 3 is 2.59 bits per heavy atom. The predicted octanol–water partition coefficient (Wildman–Crippen LogP) is 1.26. The van der Waals surface area contributed by atoms with E-state index in [4.69, 9.17) is 4.74 Å². The summed E-state index contributed by atoms with van der Waals surface area (Å²) >= 11 is 0. The highest BCUT2D eigenvalue weighted by molar-refractivity contribution is 5.83. The molecule has 2 N–H and O–H groups in total. The van der Waals surface area contributed by atoms with Crippen LogP contribution in [0.5, 0.6) is 5.75 Å². The Bertz CT molecular complexity index is 391. The minimum Gasteiger partial charge on any atom is -0.496 e. The first-order valence-corrected chi connectivity index (χ1v) is 5.73. The first kappa shape index (κ1) is 13.5. The van der Waals surface area contributed by atoms with Crippen LogP contribution in [-0.4, -0.2) is 27.1 Å². The van der Waals surface area contributed by atoms with Gasteiger partial charge in [-0.3, -0.25) is 4.79 Å². The number of benzene rings is 1. The molecule has 1 aromatic carbocycles. The molecule has 0 spiro atoms. The molecule has 0 saturated carbocycles. The van der Waals surface area contributed by atoms with Gasteiger partial charge in [-0.15, -0.1) is 0 Å². The highest BCUT2D eigenvalue weighted by Gasteiger charge is 2.21. The van der Waals surface area contributed by atoms with Gasteiger partial charge in [0, 0.05) is 12.6 Å². The first-order valence-electron chi connectivity index (χ1n) is 5.73. The van der Waals surface area contributed by atoms with Gasteiger partial charge in [0.15, 0.2) is 0 Å². The summed E-state index contributed by atoms with van der Waals surface area (Å²) in [5.41, 5.74) is 2.05. The molecule has 1 rings (SSSR count). The summed E-state index contributed by atoms with van der Waals surface area (Å²) in [4.78, 5) is 11.8. The van der Waals surface area contributed by atoms with Crippen LogP contribution in [0.4, 0.5) is 0 Å². The minimum absolute atomic E-state index is 0.0703. The number of likely N-dealkylation sites (N-methyl/N-ethyl adjacent to an activating group) is 2. The third-order valence-electron chi connectivity index (χ3n) is 2.81. The van der Waals surface area contributed by atoms with E-state index in [9.17, 15) is 4.79 Å². The fourth-order valence-electron chi connectivity index (χ4n) is 1.80. The zero-order chi connectivity index (χ0) is 12.8. The number of ether oxygens (including phenoxy) is 1. The van der Waals surface area contributed by atoms with Gasteiger partial charge in [-0.25, -0.2) is 0 Å². The van der Waals surface area contributed by atoms with Gasteiger partial charge < -0.3 is 15.4 Å². The Balaban J connectivity index is 3.19. The largest absolute Gasteiger partial charge is 0.496 e. The zero-order valence-electron chi connectivity index (χ0n) is 10.8. The van der Waals surface area contributed by atoms with E-state index in [1.807, 2.05) is 18.2 Å². The number of methoxy groups -OCH3 is 1. The zero-order valence-corrected chi connectivity index (χ0v) is 10.8. The topological polar surface area (TPSA) is 50.4 Å². The Morgan fingerprint density at radius 2 is 2.12 bits per heavy atom. The van der Waals surface area contributed by atoms with Crippen LogP contribution in [0.1, 0.15) is 24.1 Å². The third kappa shape index (κ3) is 2.97. The summed E-state index contributed by atoms with van der Waals surface area (Å²) in [5.74, 6) is 0.657. The van der Waals surface area contributed by atoms with Crippen molar-refractivity contribution in [2.75, 3.05) is 21.2 Å². The summed E-state index contributed by atoms with van der Waals surface area (Å²) in [6, 6.07) is 5.54. The van der Waals surface area contributed by atoms with Gasteiger partial charge in [0.2, 0.25) is 5.91 Å². The fraction of sp³-hybridized carbons (Fsp3) is 0.462. The van der Waals surface area contributed by atoms with Crippen molar-refractivity contribution in [1.82, 2.24) is 10.6 Å². The number of rotatable bonds is 5. The minimum atomic E-state index is -0.388. The van der Waals surface area contributed by atoms with E-state index in [0.29, 0.717) is 0 Å². The number of carbonyl (C=O) groups is 1. The van der Waals surface area contributed by atoms with Gasteiger partial charge in [-0.2, -0.15) is 0 Å². The van der Waals surface area contributed by atoms with Gasteiger partial charge in [0.25, 0.3) is 0 Å². The molecule has 1 aromatic rings. The molecular formula is C13H20N2O2. The van der Waals surface area contributed by atoms with Crippen LogP contribution in [0.3, 0.4) is 0 Å². The van der Waals surface area contributed by atoms with E-state index in [-0.39, 0.29) is 11.9 Å². The van der Waals surface area contributed by atoms with E-state index >= 15 is 0 Å². The lowest BCUT2D eigenvalue weighted by Gasteiger charge is -2.18. The molecule has 0 aliphatic heterocycles. The second-order valence-electron chi connectivity index (χ2n) is 3.77. The van der Waals surface area contributed by atoms with Crippen molar-refractivity contribution < 1.29 is 9.53 Å². The van der Waals surface area contributed by atoms with Crippen molar-refractivity contribution in [3.05, 3.63) is 29.3 Å². The third-order valence-corrected chi connectivity index (χ3v) is 2.81. The molecule has 0 saturated heterocycles. The highest BCUT2D eigenvalue weighted by Crippen LogP contribution is 2.26. The standard InChI is InChI=1S/C13H20N2O2/c1-5-9-6-7-11(17-4)10(8-9)12(14-2)13(16)15-3/h6-8,12,14H,5H2,1-4H3,(H,15,16). The monoisotopic (exact) mass is 236 g/mol. The van der Waals surface area contributed by atoms with Gasteiger partial charge in [-0.1, -0.05) is 19.1 Å². The molecule has 0 bridgehead atoms. The van der Waals surface area contributed by atoms with Crippen LogP contribution in [0.15, 0.2) is 18.2 Å². The maximum atomic E-state index is 11.8. The lowest BCUT2D eigenvalue weighted by molar-refractivity contribution is -0.122. The van der Waals surface area contributed by atoms with Crippen LogP contribution in [0.25, 0.3) is 0 Å². The molecule has 0 aromatic heterocycles. The number of nitrogens with one attached hydrogen (secondary N) is 2. The second-order valence-corrected chi connectivity index (χ2v) is 3.77. The van der Waals surface area contributed by atoms with Gasteiger partial charge in [-0.05, 0) is 25.1 Å². The summed E-state index contributed by atoms with van der Waals surface area (Å²) in [6.45, 7) is 2.08. The van der Waals surface area contributed by atoms with Crippen molar-refractivity contribution >= 4 is 5.91 Å². The normalized spacial score (nSPS) is 12.0. The van der Waals surface area contributed by atoms with E-state index in [1.165, 1.54) is 5.56 Å². The maximum Gasteiger partial charge on any atom is 0.241 e. The first-order chi connectivity index (χ1) is 8.17. The van der Waals surface area contributed by atoms with Gasteiger partial charge >= 0.3 is 0 Å². The second kappa shape index (κ2) is 6.25. The van der Waals surface area contributed by atoms with Crippen LogP contribution in [0.2, 0.25) is 0 Å². The smallest absolute Gasteiger partial charge is 0.241 e. The molecule has 1 atom stereocenters. The molecule has 0 aliphatic carbocycles. The van der Waals surface area contributed by atoms with E-state index in [0.717, 1.165) is 17.7 Å². The number of amides is 1. The fourth-order valence-corrected chi connectivity index (χ4v) is 1.80. The molecule has 1 unspecified atom stereocenters. The van der Waals surface area contributed by atoms with E-state index in [2.05, 4.69) is 17.6 Å². The Morgan fingerprint density at radius 1 is 1.41 bits per heavy atom. The average molecular weight is 236 g/mol. The predicted molar refractivity (Wildman–Crippen MR) is 68.2 cm³/mol. The molecule has 0 aliphatic rings. The SMILES string of the molecule is CCc1ccc(OC)c(C(NC)C(=O)NC)c1. The van der Waals surface area contributed by atoms with Crippen LogP contribution < -0.4 is 15.4 Å². The van der Waals surface area contributed by atoms with Gasteiger partial charge in [0.05, 0.1) is 7.11 Å². The molecular weight excluding hydrogens is 216 g/mol. The number of hydrogen-bond acceptors (Lipinski definition) is 3. The average Bonchev–Trinajstić information content (AvgIpc) is 2.39. The van der Waals surface area contributed by atoms with E-state index < -0.39 is 0 Å². The molecule has 4 nitrogen and oxygen atoms in total. The number of aryl methyl sites for hydroxylation is 1.